The maximum Gasteiger partial charge on any atom is 0.159 e. The Labute approximate surface area is 184 Å². The Hall–Kier alpha value is -3.85. The van der Waals surface area contributed by atoms with E-state index < -0.39 is 0 Å². The highest BCUT2D eigenvalue weighted by atomic mass is 15.3. The van der Waals surface area contributed by atoms with Crippen molar-refractivity contribution < 1.29 is 0 Å². The number of H-pyrrole nitrogens is 2. The molecule has 0 unspecified atom stereocenters. The Morgan fingerprint density at radius 1 is 0.969 bits per heavy atom. The molecule has 0 bridgehead atoms. The van der Waals surface area contributed by atoms with E-state index in [0.717, 1.165) is 82.3 Å². The smallest absolute Gasteiger partial charge is 0.159 e. The van der Waals surface area contributed by atoms with Gasteiger partial charge in [-0.25, -0.2) is 9.97 Å². The molecule has 0 amide bonds. The molecule has 160 valence electrons. The van der Waals surface area contributed by atoms with Crippen LogP contribution in [0.2, 0.25) is 0 Å². The number of pyridine rings is 3. The second kappa shape index (κ2) is 7.38. The van der Waals surface area contributed by atoms with Crippen LogP contribution in [-0.4, -0.2) is 73.2 Å². The number of aromatic amines is 2. The van der Waals surface area contributed by atoms with E-state index in [1.54, 1.807) is 6.20 Å². The van der Waals surface area contributed by atoms with E-state index >= 15 is 0 Å². The lowest BCUT2D eigenvalue weighted by atomic mass is 10.1. The van der Waals surface area contributed by atoms with E-state index in [1.807, 2.05) is 36.8 Å². The third-order valence-electron chi connectivity index (χ3n) is 6.17. The van der Waals surface area contributed by atoms with Crippen LogP contribution < -0.4 is 4.90 Å². The lowest BCUT2D eigenvalue weighted by Gasteiger charge is -2.33. The number of rotatable bonds is 3. The molecule has 9 nitrogen and oxygen atoms in total. The van der Waals surface area contributed by atoms with Gasteiger partial charge in [0.1, 0.15) is 11.2 Å². The number of aromatic nitrogens is 7. The minimum Gasteiger partial charge on any atom is -0.352 e. The maximum absolute atomic E-state index is 4.93. The largest absolute Gasteiger partial charge is 0.352 e. The van der Waals surface area contributed by atoms with Crippen LogP contribution in [0, 0.1) is 6.92 Å². The second-order valence-corrected chi connectivity index (χ2v) is 8.28. The summed E-state index contributed by atoms with van der Waals surface area (Å²) in [5, 5.41) is 8.61. The van der Waals surface area contributed by atoms with E-state index in [2.05, 4.69) is 53.9 Å². The van der Waals surface area contributed by atoms with Crippen molar-refractivity contribution in [3.63, 3.8) is 0 Å². The summed E-state index contributed by atoms with van der Waals surface area (Å²) in [5.74, 6) is 1.64. The van der Waals surface area contributed by atoms with E-state index in [0.29, 0.717) is 0 Å². The normalized spacial score (nSPS) is 15.1. The van der Waals surface area contributed by atoms with E-state index in [4.69, 9.17) is 4.98 Å². The fraction of sp³-hybridized carbons (Fsp3) is 0.261. The number of likely N-dealkylation sites (N-methyl/N-ethyl adjacent to an activating group) is 1. The highest BCUT2D eigenvalue weighted by molar-refractivity contribution is 5.96. The zero-order chi connectivity index (χ0) is 21.7. The molecule has 1 aliphatic rings. The number of aryl methyl sites for hydroxylation is 1. The van der Waals surface area contributed by atoms with Gasteiger partial charge in [0.15, 0.2) is 11.6 Å². The number of piperazine rings is 1. The van der Waals surface area contributed by atoms with Crippen LogP contribution in [0.25, 0.3) is 44.7 Å². The molecule has 0 spiro atoms. The number of nitrogens with zero attached hydrogens (tertiary/aromatic N) is 7. The summed E-state index contributed by atoms with van der Waals surface area (Å²) in [5.41, 5.74) is 6.46. The third kappa shape index (κ3) is 3.09. The van der Waals surface area contributed by atoms with Crippen molar-refractivity contribution in [2.24, 2.45) is 0 Å². The molecule has 0 atom stereocenters. The number of anilines is 1. The Bertz CT molecular complexity index is 1430. The number of hydrogen-bond acceptors (Lipinski definition) is 7. The van der Waals surface area contributed by atoms with Gasteiger partial charge in [-0.3, -0.25) is 15.1 Å². The number of fused-ring (bicyclic) bond motifs is 2. The first-order chi connectivity index (χ1) is 15.7. The Morgan fingerprint density at radius 2 is 1.84 bits per heavy atom. The summed E-state index contributed by atoms with van der Waals surface area (Å²) < 4.78 is 0. The van der Waals surface area contributed by atoms with Crippen LogP contribution in [0.3, 0.4) is 0 Å². The molecule has 0 aromatic carbocycles. The van der Waals surface area contributed by atoms with Crippen molar-refractivity contribution in [1.29, 1.82) is 0 Å². The van der Waals surface area contributed by atoms with Crippen LogP contribution in [0.4, 0.5) is 5.82 Å². The number of hydrogen-bond donors (Lipinski definition) is 2. The van der Waals surface area contributed by atoms with Gasteiger partial charge in [-0.2, -0.15) is 5.10 Å². The lowest BCUT2D eigenvalue weighted by Crippen LogP contribution is -2.44. The van der Waals surface area contributed by atoms with Crippen LogP contribution >= 0.6 is 0 Å². The topological polar surface area (TPSA) is 103 Å². The third-order valence-corrected chi connectivity index (χ3v) is 6.17. The van der Waals surface area contributed by atoms with Crippen LogP contribution in [0.15, 0.2) is 43.0 Å². The summed E-state index contributed by atoms with van der Waals surface area (Å²) in [6.07, 6.45) is 7.29. The molecule has 0 radical (unpaired) electrons. The lowest BCUT2D eigenvalue weighted by molar-refractivity contribution is 0.312. The molecule has 6 heterocycles. The van der Waals surface area contributed by atoms with E-state index in [-0.39, 0.29) is 0 Å². The predicted molar refractivity (Wildman–Crippen MR) is 124 cm³/mol. The van der Waals surface area contributed by atoms with Gasteiger partial charge in [-0.05, 0) is 37.7 Å². The van der Waals surface area contributed by atoms with E-state index in [1.165, 1.54) is 0 Å². The predicted octanol–water partition coefficient (Wildman–Crippen LogP) is 3.02. The average molecular weight is 426 g/mol. The van der Waals surface area contributed by atoms with Gasteiger partial charge in [-0.15, -0.1) is 0 Å². The summed E-state index contributed by atoms with van der Waals surface area (Å²) >= 11 is 0. The first-order valence-electron chi connectivity index (χ1n) is 10.7. The summed E-state index contributed by atoms with van der Waals surface area (Å²) in [4.78, 5) is 26.5. The van der Waals surface area contributed by atoms with Crippen molar-refractivity contribution >= 4 is 27.8 Å². The molecule has 2 N–H and O–H groups in total. The van der Waals surface area contributed by atoms with Gasteiger partial charge >= 0.3 is 0 Å². The summed E-state index contributed by atoms with van der Waals surface area (Å²) in [7, 11) is 2.15. The molecule has 0 aliphatic carbocycles. The van der Waals surface area contributed by atoms with Gasteiger partial charge in [-0.1, -0.05) is 0 Å². The molecular formula is C23H23N9. The minimum atomic E-state index is 0.717. The van der Waals surface area contributed by atoms with Crippen molar-refractivity contribution in [3.8, 4) is 22.8 Å². The summed E-state index contributed by atoms with van der Waals surface area (Å²) in [6, 6.07) is 6.00. The highest BCUT2D eigenvalue weighted by Gasteiger charge is 2.21. The molecule has 5 aromatic rings. The molecule has 6 rings (SSSR count). The Balaban J connectivity index is 1.45. The van der Waals surface area contributed by atoms with Crippen LogP contribution in [0.1, 0.15) is 5.56 Å². The SMILES string of the molecule is Cc1ccncc1-c1cc2c(-c3nc4c(N5CCN(C)CC5)nccc4[nH]3)n[nH]c2cn1. The number of nitrogens with one attached hydrogen (secondary N) is 2. The van der Waals surface area contributed by atoms with Gasteiger partial charge in [0.25, 0.3) is 0 Å². The zero-order valence-electron chi connectivity index (χ0n) is 18.0. The van der Waals surface area contributed by atoms with Gasteiger partial charge in [0, 0.05) is 55.7 Å². The molecule has 1 aliphatic heterocycles. The highest BCUT2D eigenvalue weighted by Crippen LogP contribution is 2.31. The second-order valence-electron chi connectivity index (χ2n) is 8.28. The maximum atomic E-state index is 4.93. The molecule has 0 saturated carbocycles. The minimum absolute atomic E-state index is 0.717. The standard InChI is InChI=1S/C23H23N9/c1-14-3-5-24-12-16(14)18-11-15-19(13-26-18)29-30-20(15)22-27-17-4-6-25-23(21(17)28-22)32-9-7-31(2)8-10-32/h3-6,11-13H,7-10H2,1-2H3,(H,27,28)(H,29,30). The molecule has 1 saturated heterocycles. The van der Waals surface area contributed by atoms with Crippen LogP contribution in [-0.2, 0) is 0 Å². The number of imidazole rings is 1. The molecule has 9 heteroatoms. The van der Waals surface area contributed by atoms with E-state index in [9.17, 15) is 0 Å². The first-order valence-corrected chi connectivity index (χ1v) is 10.7. The average Bonchev–Trinajstić information content (AvgIpc) is 3.43. The molecule has 5 aromatic heterocycles. The fourth-order valence-corrected chi connectivity index (χ4v) is 4.26. The van der Waals surface area contributed by atoms with Crippen LogP contribution in [0.5, 0.6) is 0 Å². The van der Waals surface area contributed by atoms with Crippen molar-refractivity contribution in [2.75, 3.05) is 38.1 Å². The fourth-order valence-electron chi connectivity index (χ4n) is 4.26. The summed E-state index contributed by atoms with van der Waals surface area (Å²) in [6.45, 7) is 5.97. The van der Waals surface area contributed by atoms with Gasteiger partial charge in [0.2, 0.25) is 0 Å². The first kappa shape index (κ1) is 18.9. The molecule has 1 fully saturated rings. The zero-order valence-corrected chi connectivity index (χ0v) is 18.0. The van der Waals surface area contributed by atoms with Crippen molar-refractivity contribution in [1.82, 2.24) is 40.0 Å². The quantitative estimate of drug-likeness (QED) is 0.458. The molecule has 32 heavy (non-hydrogen) atoms. The van der Waals surface area contributed by atoms with Crippen molar-refractivity contribution in [2.45, 2.75) is 6.92 Å². The molecular weight excluding hydrogens is 402 g/mol. The van der Waals surface area contributed by atoms with Gasteiger partial charge < -0.3 is 14.8 Å². The monoisotopic (exact) mass is 425 g/mol. The van der Waals surface area contributed by atoms with Gasteiger partial charge in [0.05, 0.1) is 22.9 Å². The Kier molecular flexibility index (Phi) is 4.36. The Morgan fingerprint density at radius 3 is 2.69 bits per heavy atom. The van der Waals surface area contributed by atoms with Crippen molar-refractivity contribution in [3.05, 3.63) is 48.5 Å².